The number of nitrogens with zero attached hydrogens (tertiary/aromatic N) is 2. The van der Waals surface area contributed by atoms with Crippen LogP contribution in [0.2, 0.25) is 0 Å². The predicted molar refractivity (Wildman–Crippen MR) is 133 cm³/mol. The summed E-state index contributed by atoms with van der Waals surface area (Å²) in [6.07, 6.45) is 5.56. The molecule has 0 bridgehead atoms. The summed E-state index contributed by atoms with van der Waals surface area (Å²) in [6.45, 7) is 0. The number of methoxy groups -OCH3 is 1. The van der Waals surface area contributed by atoms with Crippen LogP contribution < -0.4 is 15.9 Å². The molecular weight excluding hydrogens is 466 g/mol. The summed E-state index contributed by atoms with van der Waals surface area (Å²) in [7, 11) is 1.67. The lowest BCUT2D eigenvalue weighted by Crippen LogP contribution is -2.26. The number of benzene rings is 1. The van der Waals surface area contributed by atoms with Gasteiger partial charge in [0.25, 0.3) is 5.91 Å². The van der Waals surface area contributed by atoms with Crippen molar-refractivity contribution in [3.8, 4) is 16.9 Å². The van der Waals surface area contributed by atoms with Gasteiger partial charge < -0.3 is 15.5 Å². The number of alkyl halides is 2. The molecule has 1 fully saturated rings. The number of carbonyl (C=O) groups excluding carboxylic acids is 1. The van der Waals surface area contributed by atoms with Crippen LogP contribution in [0.3, 0.4) is 0 Å². The van der Waals surface area contributed by atoms with E-state index in [2.05, 4.69) is 21.0 Å². The van der Waals surface area contributed by atoms with E-state index in [4.69, 9.17) is 10.5 Å². The molecule has 0 saturated heterocycles. The minimum Gasteiger partial charge on any atom is -0.497 e. The third-order valence-electron chi connectivity index (χ3n) is 6.16. The third kappa shape index (κ3) is 5.73. The molecule has 1 amide bonds. The predicted octanol–water partition coefficient (Wildman–Crippen LogP) is 5.07. The van der Waals surface area contributed by atoms with Gasteiger partial charge in [-0.15, -0.1) is 0 Å². The fraction of sp³-hybridized carbons (Fsp3) is 0.259. The molecule has 36 heavy (non-hydrogen) atoms. The molecule has 3 N–H and O–H groups in total. The minimum absolute atomic E-state index is 0.0984. The van der Waals surface area contributed by atoms with Gasteiger partial charge in [0.2, 0.25) is 5.92 Å². The lowest BCUT2D eigenvalue weighted by Gasteiger charge is -2.29. The monoisotopic (exact) mass is 492 g/mol. The van der Waals surface area contributed by atoms with Gasteiger partial charge in [-0.05, 0) is 54.3 Å². The van der Waals surface area contributed by atoms with Gasteiger partial charge in [-0.2, -0.15) is 0 Å². The molecule has 0 spiro atoms. The molecule has 1 unspecified atom stereocenters. The normalized spacial score (nSPS) is 16.6. The number of halogens is 2. The van der Waals surface area contributed by atoms with Crippen LogP contribution in [-0.4, -0.2) is 33.9 Å². The first-order chi connectivity index (χ1) is 17.3. The number of amides is 1. The summed E-state index contributed by atoms with van der Waals surface area (Å²) in [4.78, 5) is 34.4. The molecule has 0 radical (unpaired) electrons. The number of nitrogens with two attached hydrogens (primary N) is 1. The van der Waals surface area contributed by atoms with Crippen LogP contribution in [0, 0.1) is 0 Å². The van der Waals surface area contributed by atoms with Crippen LogP contribution in [0.15, 0.2) is 71.9 Å². The summed E-state index contributed by atoms with van der Waals surface area (Å²) in [5.41, 5.74) is 7.83. The molecular formula is C27H26F2N4O3. The Hall–Kier alpha value is -4.14. The first-order valence-electron chi connectivity index (χ1n) is 11.5. The number of carbonyl (C=O) groups is 1. The van der Waals surface area contributed by atoms with Gasteiger partial charge in [-0.1, -0.05) is 12.1 Å². The van der Waals surface area contributed by atoms with Crippen molar-refractivity contribution in [2.75, 3.05) is 7.11 Å². The van der Waals surface area contributed by atoms with Crippen molar-refractivity contribution in [3.63, 3.8) is 0 Å². The lowest BCUT2D eigenvalue weighted by molar-refractivity contribution is -0.0412. The van der Waals surface area contributed by atoms with E-state index in [1.807, 2.05) is 30.3 Å². The molecule has 3 aromatic heterocycles. The first kappa shape index (κ1) is 25.0. The number of fused-ring (bicyclic) bond motifs is 1. The fourth-order valence-corrected chi connectivity index (χ4v) is 4.41. The number of nitrogens with one attached hydrogen (secondary N) is 1. The highest BCUT2D eigenvalue weighted by Crippen LogP contribution is 2.41. The van der Waals surface area contributed by atoms with E-state index in [0.29, 0.717) is 24.1 Å². The second-order valence-corrected chi connectivity index (χ2v) is 8.65. The van der Waals surface area contributed by atoms with E-state index in [1.54, 1.807) is 19.5 Å². The largest absolute Gasteiger partial charge is 0.497 e. The van der Waals surface area contributed by atoms with Crippen molar-refractivity contribution >= 4 is 16.8 Å². The lowest BCUT2D eigenvalue weighted by atomic mass is 9.84. The SMILES string of the molecule is COc1cccc(-c2ccncc2)c1.NC(=O)c1nccc2[nH]c(C3CCCC(F)(F)C3)cc(=O)c12. The molecule has 1 saturated carbocycles. The van der Waals surface area contributed by atoms with Gasteiger partial charge in [-0.3, -0.25) is 19.6 Å². The number of hydrogen-bond acceptors (Lipinski definition) is 5. The second kappa shape index (κ2) is 10.6. The summed E-state index contributed by atoms with van der Waals surface area (Å²) in [6, 6.07) is 14.8. The third-order valence-corrected chi connectivity index (χ3v) is 6.16. The van der Waals surface area contributed by atoms with Crippen LogP contribution in [0.4, 0.5) is 8.78 Å². The Bertz CT molecular complexity index is 1420. The highest BCUT2D eigenvalue weighted by atomic mass is 19.3. The zero-order chi connectivity index (χ0) is 25.7. The number of hydrogen-bond donors (Lipinski definition) is 2. The first-order valence-corrected chi connectivity index (χ1v) is 11.5. The summed E-state index contributed by atoms with van der Waals surface area (Å²) < 4.78 is 32.3. The Morgan fingerprint density at radius 1 is 1.11 bits per heavy atom. The zero-order valence-corrected chi connectivity index (χ0v) is 19.7. The number of ether oxygens (including phenoxy) is 1. The van der Waals surface area contributed by atoms with Crippen molar-refractivity contribution in [2.45, 2.75) is 37.5 Å². The maximum Gasteiger partial charge on any atom is 0.268 e. The quantitative estimate of drug-likeness (QED) is 0.413. The molecule has 1 atom stereocenters. The van der Waals surface area contributed by atoms with Crippen LogP contribution in [0.1, 0.15) is 47.8 Å². The molecule has 9 heteroatoms. The summed E-state index contributed by atoms with van der Waals surface area (Å²) in [5.74, 6) is -3.02. The highest BCUT2D eigenvalue weighted by Gasteiger charge is 2.37. The summed E-state index contributed by atoms with van der Waals surface area (Å²) in [5, 5.41) is 0.0984. The van der Waals surface area contributed by atoms with E-state index in [0.717, 1.165) is 16.9 Å². The van der Waals surface area contributed by atoms with Gasteiger partial charge in [0.05, 0.1) is 18.0 Å². The van der Waals surface area contributed by atoms with Gasteiger partial charge in [-0.25, -0.2) is 8.78 Å². The fourth-order valence-electron chi connectivity index (χ4n) is 4.41. The minimum atomic E-state index is -2.70. The van der Waals surface area contributed by atoms with E-state index in [9.17, 15) is 18.4 Å². The maximum atomic E-state index is 13.6. The van der Waals surface area contributed by atoms with Crippen LogP contribution >= 0.6 is 0 Å². The zero-order valence-electron chi connectivity index (χ0n) is 19.7. The van der Waals surface area contributed by atoms with E-state index < -0.39 is 23.2 Å². The van der Waals surface area contributed by atoms with Gasteiger partial charge >= 0.3 is 0 Å². The van der Waals surface area contributed by atoms with Crippen molar-refractivity contribution < 1.29 is 18.3 Å². The Balaban J connectivity index is 0.000000187. The molecule has 0 aliphatic heterocycles. The molecule has 7 nitrogen and oxygen atoms in total. The van der Waals surface area contributed by atoms with Gasteiger partial charge in [0, 0.05) is 49.1 Å². The Kier molecular flexibility index (Phi) is 7.38. The molecule has 4 aromatic rings. The van der Waals surface area contributed by atoms with Crippen LogP contribution in [0.5, 0.6) is 5.75 Å². The van der Waals surface area contributed by atoms with Crippen molar-refractivity contribution in [1.29, 1.82) is 0 Å². The van der Waals surface area contributed by atoms with Gasteiger partial charge in [0.15, 0.2) is 5.43 Å². The topological polar surface area (TPSA) is 111 Å². The number of aromatic amines is 1. The average Bonchev–Trinajstić information content (AvgIpc) is 2.88. The van der Waals surface area contributed by atoms with Crippen molar-refractivity contribution in [3.05, 3.63) is 88.7 Å². The molecule has 5 rings (SSSR count). The van der Waals surface area contributed by atoms with Crippen LogP contribution in [0.25, 0.3) is 22.0 Å². The number of rotatable bonds is 4. The summed E-state index contributed by atoms with van der Waals surface area (Å²) >= 11 is 0. The molecule has 186 valence electrons. The molecule has 3 heterocycles. The second-order valence-electron chi connectivity index (χ2n) is 8.65. The van der Waals surface area contributed by atoms with E-state index in [-0.39, 0.29) is 23.9 Å². The molecule has 1 aliphatic rings. The Morgan fingerprint density at radius 2 is 1.89 bits per heavy atom. The van der Waals surface area contributed by atoms with Crippen molar-refractivity contribution in [1.82, 2.24) is 15.0 Å². The number of pyridine rings is 3. The number of primary amides is 1. The standard InChI is InChI=1S/C15H15F2N3O2.C12H11NO/c16-15(17)4-1-2-8(7-15)10-6-11(21)12-9(20-10)3-5-19-13(12)14(18)22;1-14-12-4-2-3-11(9-12)10-5-7-13-8-6-10/h3,5-6,8H,1-2,4,7H2,(H2,18,22)(H,20,21);2-9H,1H3. The molecule has 1 aromatic carbocycles. The van der Waals surface area contributed by atoms with Crippen LogP contribution in [-0.2, 0) is 0 Å². The van der Waals surface area contributed by atoms with Crippen molar-refractivity contribution in [2.24, 2.45) is 5.73 Å². The number of H-pyrrole nitrogens is 1. The molecule has 1 aliphatic carbocycles. The number of aromatic nitrogens is 3. The van der Waals surface area contributed by atoms with E-state index in [1.165, 1.54) is 18.3 Å². The Morgan fingerprint density at radius 3 is 2.58 bits per heavy atom. The highest BCUT2D eigenvalue weighted by molar-refractivity contribution is 6.03. The average molecular weight is 493 g/mol. The Labute approximate surface area is 206 Å². The van der Waals surface area contributed by atoms with E-state index >= 15 is 0 Å². The smallest absolute Gasteiger partial charge is 0.268 e. The van der Waals surface area contributed by atoms with Gasteiger partial charge in [0.1, 0.15) is 11.4 Å². The maximum absolute atomic E-state index is 13.6.